The summed E-state index contributed by atoms with van der Waals surface area (Å²) in [6, 6.07) is 16.5. The van der Waals surface area contributed by atoms with Gasteiger partial charge in [0, 0.05) is 0 Å². The number of hydrogen-bond donors (Lipinski definition) is 1. The second kappa shape index (κ2) is 5.48. The molecular formula is C15H15BrO. The summed E-state index contributed by atoms with van der Waals surface area (Å²) in [5, 5.41) is 9.00. The molecule has 2 heteroatoms. The Balaban J connectivity index is 2.23. The third-order valence-electron chi connectivity index (χ3n) is 2.82. The van der Waals surface area contributed by atoms with Crippen molar-refractivity contribution in [2.24, 2.45) is 0 Å². The molecule has 0 spiro atoms. The minimum Gasteiger partial charge on any atom is -0.392 e. The van der Waals surface area contributed by atoms with E-state index >= 15 is 0 Å². The van der Waals surface area contributed by atoms with Gasteiger partial charge >= 0.3 is 0 Å². The second-order valence-corrected chi connectivity index (χ2v) is 5.09. The Bertz CT molecular complexity index is 473. The largest absolute Gasteiger partial charge is 0.392 e. The zero-order valence-corrected chi connectivity index (χ0v) is 11.3. The number of aliphatic hydroxyl groups excluding tert-OH is 1. The van der Waals surface area contributed by atoms with Crippen molar-refractivity contribution in [3.05, 3.63) is 70.8 Å². The average Bonchev–Trinajstić information content (AvgIpc) is 2.39. The fraction of sp³-hybridized carbons (Fsp3) is 0.200. The van der Waals surface area contributed by atoms with E-state index in [9.17, 15) is 0 Å². The molecule has 0 aromatic heterocycles. The molecule has 88 valence electrons. The van der Waals surface area contributed by atoms with Gasteiger partial charge in [0.15, 0.2) is 0 Å². The molecule has 0 bridgehead atoms. The van der Waals surface area contributed by atoms with Crippen molar-refractivity contribution in [2.45, 2.75) is 18.4 Å². The van der Waals surface area contributed by atoms with Crippen LogP contribution in [0.15, 0.2) is 48.5 Å². The topological polar surface area (TPSA) is 20.2 Å². The SMILES string of the molecule is Cc1ccc(C(Br)c2ccc(CO)cc2)cc1. The van der Waals surface area contributed by atoms with E-state index in [0.29, 0.717) is 0 Å². The molecular weight excluding hydrogens is 276 g/mol. The zero-order valence-electron chi connectivity index (χ0n) is 9.73. The summed E-state index contributed by atoms with van der Waals surface area (Å²) in [5.74, 6) is 0. The summed E-state index contributed by atoms with van der Waals surface area (Å²) in [7, 11) is 0. The van der Waals surface area contributed by atoms with Crippen molar-refractivity contribution in [1.29, 1.82) is 0 Å². The normalized spacial score (nSPS) is 12.4. The predicted molar refractivity (Wildman–Crippen MR) is 74.3 cm³/mol. The molecule has 1 atom stereocenters. The molecule has 2 rings (SSSR count). The van der Waals surface area contributed by atoms with Crippen LogP contribution in [-0.4, -0.2) is 5.11 Å². The van der Waals surface area contributed by atoms with E-state index in [4.69, 9.17) is 5.11 Å². The van der Waals surface area contributed by atoms with Gasteiger partial charge < -0.3 is 5.11 Å². The fourth-order valence-electron chi connectivity index (χ4n) is 1.72. The molecule has 1 N–H and O–H groups in total. The number of halogens is 1. The van der Waals surface area contributed by atoms with Crippen LogP contribution in [0.25, 0.3) is 0 Å². The van der Waals surface area contributed by atoms with Gasteiger partial charge in [0.1, 0.15) is 0 Å². The van der Waals surface area contributed by atoms with Crippen LogP contribution in [0.2, 0.25) is 0 Å². The van der Waals surface area contributed by atoms with Gasteiger partial charge in [-0.2, -0.15) is 0 Å². The number of hydrogen-bond acceptors (Lipinski definition) is 1. The van der Waals surface area contributed by atoms with Crippen LogP contribution in [0.5, 0.6) is 0 Å². The van der Waals surface area contributed by atoms with Gasteiger partial charge in [0.2, 0.25) is 0 Å². The van der Waals surface area contributed by atoms with Gasteiger partial charge in [-0.15, -0.1) is 0 Å². The highest BCUT2D eigenvalue weighted by atomic mass is 79.9. The average molecular weight is 291 g/mol. The number of alkyl halides is 1. The summed E-state index contributed by atoms with van der Waals surface area (Å²) < 4.78 is 0. The zero-order chi connectivity index (χ0) is 12.3. The summed E-state index contributed by atoms with van der Waals surface area (Å²) in [5.41, 5.74) is 4.65. The molecule has 0 radical (unpaired) electrons. The van der Waals surface area contributed by atoms with Crippen molar-refractivity contribution in [2.75, 3.05) is 0 Å². The third-order valence-corrected chi connectivity index (χ3v) is 3.88. The molecule has 2 aromatic rings. The molecule has 17 heavy (non-hydrogen) atoms. The standard InChI is InChI=1S/C15H15BrO/c1-11-2-6-13(7-3-11)15(16)14-8-4-12(10-17)5-9-14/h2-9,15,17H,10H2,1H3. The summed E-state index contributed by atoms with van der Waals surface area (Å²) >= 11 is 3.70. The van der Waals surface area contributed by atoms with E-state index in [1.165, 1.54) is 16.7 Å². The molecule has 0 heterocycles. The van der Waals surface area contributed by atoms with Crippen molar-refractivity contribution < 1.29 is 5.11 Å². The van der Waals surface area contributed by atoms with Crippen LogP contribution in [0.4, 0.5) is 0 Å². The Morgan fingerprint density at radius 3 is 1.88 bits per heavy atom. The van der Waals surface area contributed by atoms with Gasteiger partial charge in [0.05, 0.1) is 11.4 Å². The van der Waals surface area contributed by atoms with Gasteiger partial charge in [-0.3, -0.25) is 0 Å². The fourth-order valence-corrected chi connectivity index (χ4v) is 2.33. The third kappa shape index (κ3) is 2.96. The molecule has 0 aliphatic rings. The van der Waals surface area contributed by atoms with Crippen molar-refractivity contribution >= 4 is 15.9 Å². The Labute approximate surface area is 110 Å². The lowest BCUT2D eigenvalue weighted by Crippen LogP contribution is -1.93. The maximum atomic E-state index is 9.00. The lowest BCUT2D eigenvalue weighted by atomic mass is 10.0. The van der Waals surface area contributed by atoms with E-state index < -0.39 is 0 Å². The number of aryl methyl sites for hydroxylation is 1. The molecule has 0 fully saturated rings. The summed E-state index contributed by atoms with van der Waals surface area (Å²) in [4.78, 5) is 0.204. The minimum absolute atomic E-state index is 0.0950. The molecule has 0 aliphatic heterocycles. The predicted octanol–water partition coefficient (Wildman–Crippen LogP) is 3.97. The highest BCUT2D eigenvalue weighted by Crippen LogP contribution is 2.30. The smallest absolute Gasteiger partial charge is 0.0681 e. The summed E-state index contributed by atoms with van der Waals surface area (Å²) in [6.45, 7) is 2.18. The molecule has 0 aliphatic carbocycles. The van der Waals surface area contributed by atoms with Crippen molar-refractivity contribution in [3.8, 4) is 0 Å². The van der Waals surface area contributed by atoms with E-state index in [0.717, 1.165) is 5.56 Å². The quantitative estimate of drug-likeness (QED) is 0.848. The van der Waals surface area contributed by atoms with Crippen molar-refractivity contribution in [1.82, 2.24) is 0 Å². The Morgan fingerprint density at radius 1 is 0.941 bits per heavy atom. The lowest BCUT2D eigenvalue weighted by molar-refractivity contribution is 0.282. The highest BCUT2D eigenvalue weighted by Gasteiger charge is 2.09. The number of aliphatic hydroxyl groups is 1. The van der Waals surface area contributed by atoms with Gasteiger partial charge in [-0.1, -0.05) is 70.0 Å². The first-order valence-electron chi connectivity index (χ1n) is 5.61. The van der Waals surface area contributed by atoms with E-state index in [2.05, 4.69) is 47.1 Å². The first-order valence-corrected chi connectivity index (χ1v) is 6.52. The Kier molecular flexibility index (Phi) is 3.97. The van der Waals surface area contributed by atoms with Crippen LogP contribution < -0.4 is 0 Å². The molecule has 1 unspecified atom stereocenters. The molecule has 0 saturated carbocycles. The van der Waals surface area contributed by atoms with Crippen LogP contribution in [0.1, 0.15) is 27.1 Å². The Hall–Kier alpha value is -1.12. The van der Waals surface area contributed by atoms with Crippen LogP contribution in [0, 0.1) is 6.92 Å². The van der Waals surface area contributed by atoms with E-state index in [1.807, 2.05) is 24.3 Å². The van der Waals surface area contributed by atoms with Crippen LogP contribution in [-0.2, 0) is 6.61 Å². The highest BCUT2D eigenvalue weighted by molar-refractivity contribution is 9.09. The van der Waals surface area contributed by atoms with Crippen LogP contribution in [0.3, 0.4) is 0 Å². The summed E-state index contributed by atoms with van der Waals surface area (Å²) in [6.07, 6.45) is 0. The molecule has 2 aromatic carbocycles. The van der Waals surface area contributed by atoms with E-state index in [-0.39, 0.29) is 11.4 Å². The minimum atomic E-state index is 0.0950. The Morgan fingerprint density at radius 2 is 1.41 bits per heavy atom. The maximum Gasteiger partial charge on any atom is 0.0681 e. The van der Waals surface area contributed by atoms with Gasteiger partial charge in [-0.25, -0.2) is 0 Å². The molecule has 0 saturated heterocycles. The van der Waals surface area contributed by atoms with E-state index in [1.54, 1.807) is 0 Å². The number of rotatable bonds is 3. The maximum absolute atomic E-state index is 9.00. The van der Waals surface area contributed by atoms with Crippen LogP contribution >= 0.6 is 15.9 Å². The first-order chi connectivity index (χ1) is 8.20. The number of benzene rings is 2. The monoisotopic (exact) mass is 290 g/mol. The first kappa shape index (κ1) is 12.3. The molecule has 1 nitrogen and oxygen atoms in total. The van der Waals surface area contributed by atoms with Crippen molar-refractivity contribution in [3.63, 3.8) is 0 Å². The van der Waals surface area contributed by atoms with Gasteiger partial charge in [-0.05, 0) is 23.6 Å². The van der Waals surface area contributed by atoms with Gasteiger partial charge in [0.25, 0.3) is 0 Å². The molecule has 0 amide bonds. The lowest BCUT2D eigenvalue weighted by Gasteiger charge is -2.11. The second-order valence-electron chi connectivity index (χ2n) is 4.17.